The number of para-hydroxylation sites is 2. The van der Waals surface area contributed by atoms with Gasteiger partial charge in [0.05, 0.1) is 21.4 Å². The summed E-state index contributed by atoms with van der Waals surface area (Å²) >= 11 is 4.48. The minimum atomic E-state index is -3.49. The van der Waals surface area contributed by atoms with Crippen LogP contribution in [-0.2, 0) is 16.6 Å². The summed E-state index contributed by atoms with van der Waals surface area (Å²) in [7, 11) is -1.94. The molecule has 5 nitrogen and oxygen atoms in total. The highest BCUT2D eigenvalue weighted by molar-refractivity contribution is 9.11. The molecule has 0 atom stereocenters. The minimum Gasteiger partial charge on any atom is -0.341 e. The Morgan fingerprint density at radius 2 is 2.05 bits per heavy atom. The Labute approximate surface area is 134 Å². The molecule has 0 fully saturated rings. The molecule has 3 aromatic rings. The van der Waals surface area contributed by atoms with Gasteiger partial charge in [0.25, 0.3) is 10.0 Å². The lowest BCUT2D eigenvalue weighted by Crippen LogP contribution is -2.26. The fraction of sp³-hybridized carbons (Fsp3) is 0.154. The Morgan fingerprint density at radius 1 is 1.29 bits per heavy atom. The third-order valence-corrected chi connectivity index (χ3v) is 6.92. The molecule has 0 aliphatic carbocycles. The average Bonchev–Trinajstić information content (AvgIpc) is 3.04. The van der Waals surface area contributed by atoms with Crippen LogP contribution in [-0.4, -0.2) is 29.7 Å². The van der Waals surface area contributed by atoms with Crippen molar-refractivity contribution < 1.29 is 8.42 Å². The van der Waals surface area contributed by atoms with Crippen molar-refractivity contribution in [3.05, 3.63) is 46.0 Å². The van der Waals surface area contributed by atoms with E-state index in [0.717, 1.165) is 14.8 Å². The van der Waals surface area contributed by atoms with E-state index >= 15 is 0 Å². The number of nitrogens with zero attached hydrogens (tertiary/aromatic N) is 2. The molecule has 0 saturated heterocycles. The molecule has 0 amide bonds. The van der Waals surface area contributed by atoms with Gasteiger partial charge in [0.2, 0.25) is 0 Å². The van der Waals surface area contributed by atoms with Crippen molar-refractivity contribution >= 4 is 48.3 Å². The zero-order chi connectivity index (χ0) is 15.0. The summed E-state index contributed by atoms with van der Waals surface area (Å²) in [6.45, 7) is 0.201. The molecule has 2 heterocycles. The number of benzene rings is 1. The third-order valence-electron chi connectivity index (χ3n) is 3.02. The van der Waals surface area contributed by atoms with Crippen molar-refractivity contribution in [2.45, 2.75) is 10.8 Å². The van der Waals surface area contributed by atoms with Gasteiger partial charge in [0, 0.05) is 7.05 Å². The molecule has 0 unspecified atom stereocenters. The van der Waals surface area contributed by atoms with Crippen molar-refractivity contribution in [3.63, 3.8) is 0 Å². The number of fused-ring (bicyclic) bond motifs is 1. The van der Waals surface area contributed by atoms with E-state index in [1.54, 1.807) is 19.2 Å². The van der Waals surface area contributed by atoms with Crippen molar-refractivity contribution in [2.24, 2.45) is 0 Å². The number of hydrogen-bond acceptors (Lipinski definition) is 4. The number of aromatic nitrogens is 2. The van der Waals surface area contributed by atoms with E-state index in [9.17, 15) is 8.42 Å². The second kappa shape index (κ2) is 5.53. The second-order valence-electron chi connectivity index (χ2n) is 4.52. The summed E-state index contributed by atoms with van der Waals surface area (Å²) in [6.07, 6.45) is 0. The van der Waals surface area contributed by atoms with Gasteiger partial charge >= 0.3 is 0 Å². The van der Waals surface area contributed by atoms with E-state index in [1.807, 2.05) is 24.3 Å². The van der Waals surface area contributed by atoms with Crippen molar-refractivity contribution in [1.82, 2.24) is 14.3 Å². The molecule has 0 bridgehead atoms. The number of hydrogen-bond donors (Lipinski definition) is 1. The van der Waals surface area contributed by atoms with Crippen molar-refractivity contribution in [1.29, 1.82) is 0 Å². The summed E-state index contributed by atoms with van der Waals surface area (Å²) in [5, 5.41) is 0. The number of halogens is 1. The Kier molecular flexibility index (Phi) is 3.87. The van der Waals surface area contributed by atoms with Crippen LogP contribution in [0.2, 0.25) is 0 Å². The summed E-state index contributed by atoms with van der Waals surface area (Å²) < 4.78 is 27.3. The minimum absolute atomic E-state index is 0.201. The van der Waals surface area contributed by atoms with Gasteiger partial charge in [-0.2, -0.15) is 4.31 Å². The van der Waals surface area contributed by atoms with Crippen LogP contribution >= 0.6 is 27.3 Å². The van der Waals surface area contributed by atoms with Crippen LogP contribution in [0, 0.1) is 0 Å². The number of H-pyrrole nitrogens is 1. The summed E-state index contributed by atoms with van der Waals surface area (Å²) in [5.41, 5.74) is 1.73. The van der Waals surface area contributed by atoms with Gasteiger partial charge in [0.1, 0.15) is 10.0 Å². The van der Waals surface area contributed by atoms with Crippen LogP contribution in [0.15, 0.2) is 44.4 Å². The predicted octanol–water partition coefficient (Wildman–Crippen LogP) is 3.21. The molecule has 1 aromatic carbocycles. The van der Waals surface area contributed by atoms with E-state index in [-0.39, 0.29) is 6.54 Å². The number of rotatable bonds is 4. The Hall–Kier alpha value is -1.22. The van der Waals surface area contributed by atoms with E-state index in [1.165, 1.54) is 15.6 Å². The van der Waals surface area contributed by atoms with Crippen LogP contribution in [0.25, 0.3) is 11.0 Å². The first kappa shape index (κ1) is 14.7. The van der Waals surface area contributed by atoms with Crippen molar-refractivity contribution in [3.8, 4) is 0 Å². The van der Waals surface area contributed by atoms with Gasteiger partial charge in [-0.25, -0.2) is 13.4 Å². The number of sulfonamides is 1. The van der Waals surface area contributed by atoms with Gasteiger partial charge in [0.15, 0.2) is 0 Å². The van der Waals surface area contributed by atoms with Gasteiger partial charge < -0.3 is 4.98 Å². The van der Waals surface area contributed by atoms with E-state index in [2.05, 4.69) is 25.9 Å². The monoisotopic (exact) mass is 385 g/mol. The molecule has 2 aromatic heterocycles. The number of thiophene rings is 1. The molecule has 0 aliphatic rings. The fourth-order valence-electron chi connectivity index (χ4n) is 1.97. The second-order valence-corrected chi connectivity index (χ2v) is 9.26. The quantitative estimate of drug-likeness (QED) is 0.749. The molecule has 8 heteroatoms. The maximum Gasteiger partial charge on any atom is 0.252 e. The summed E-state index contributed by atoms with van der Waals surface area (Å²) in [5.74, 6) is 0.623. The number of aromatic amines is 1. The lowest BCUT2D eigenvalue weighted by molar-refractivity contribution is 0.460. The first-order valence-corrected chi connectivity index (χ1v) is 9.17. The maximum absolute atomic E-state index is 12.4. The standard InChI is InChI=1S/C13H12BrN3O2S2/c1-17(21(18,19)13-7-6-11(14)20-13)8-12-15-9-4-2-3-5-10(9)16-12/h2-7H,8H2,1H3,(H,15,16). The first-order valence-electron chi connectivity index (χ1n) is 6.12. The predicted molar refractivity (Wildman–Crippen MR) is 86.8 cm³/mol. The molecule has 21 heavy (non-hydrogen) atoms. The van der Waals surface area contributed by atoms with Crippen LogP contribution in [0.1, 0.15) is 5.82 Å². The summed E-state index contributed by atoms with van der Waals surface area (Å²) in [6, 6.07) is 10.9. The molecule has 0 spiro atoms. The van der Waals surface area contributed by atoms with Crippen LogP contribution < -0.4 is 0 Å². The lowest BCUT2D eigenvalue weighted by atomic mass is 10.3. The topological polar surface area (TPSA) is 66.1 Å². The highest BCUT2D eigenvalue weighted by Gasteiger charge is 2.23. The highest BCUT2D eigenvalue weighted by Crippen LogP contribution is 2.28. The van der Waals surface area contributed by atoms with E-state index in [4.69, 9.17) is 0 Å². The molecule has 1 N–H and O–H groups in total. The maximum atomic E-state index is 12.4. The van der Waals surface area contributed by atoms with Gasteiger partial charge in [-0.3, -0.25) is 0 Å². The molecule has 0 saturated carbocycles. The molecule has 3 rings (SSSR count). The zero-order valence-corrected chi connectivity index (χ0v) is 14.3. The van der Waals surface area contributed by atoms with Crippen molar-refractivity contribution in [2.75, 3.05) is 7.05 Å². The summed E-state index contributed by atoms with van der Waals surface area (Å²) in [4.78, 5) is 7.53. The van der Waals surface area contributed by atoms with Crippen LogP contribution in [0.3, 0.4) is 0 Å². The number of nitrogens with one attached hydrogen (secondary N) is 1. The molecule has 0 radical (unpaired) electrons. The van der Waals surface area contributed by atoms with Gasteiger partial charge in [-0.15, -0.1) is 11.3 Å². The average molecular weight is 386 g/mol. The lowest BCUT2D eigenvalue weighted by Gasteiger charge is -2.14. The smallest absolute Gasteiger partial charge is 0.252 e. The largest absolute Gasteiger partial charge is 0.341 e. The van der Waals surface area contributed by atoms with E-state index < -0.39 is 10.0 Å². The molecular formula is C13H12BrN3O2S2. The Morgan fingerprint density at radius 3 is 2.71 bits per heavy atom. The van der Waals surface area contributed by atoms with E-state index in [0.29, 0.717) is 10.0 Å². The Balaban J connectivity index is 1.87. The first-order chi connectivity index (χ1) is 9.96. The zero-order valence-electron chi connectivity index (χ0n) is 11.1. The van der Waals surface area contributed by atoms with Crippen LogP contribution in [0.4, 0.5) is 0 Å². The molecular weight excluding hydrogens is 374 g/mol. The third kappa shape index (κ3) is 2.89. The highest BCUT2D eigenvalue weighted by atomic mass is 79.9. The normalized spacial score (nSPS) is 12.3. The fourth-order valence-corrected chi connectivity index (χ4v) is 5.32. The molecule has 0 aliphatic heterocycles. The number of imidazole rings is 1. The van der Waals surface area contributed by atoms with Crippen LogP contribution in [0.5, 0.6) is 0 Å². The van der Waals surface area contributed by atoms with Gasteiger partial charge in [-0.05, 0) is 40.2 Å². The van der Waals surface area contributed by atoms with Gasteiger partial charge in [-0.1, -0.05) is 12.1 Å². The Bertz CT molecular complexity index is 853. The SMILES string of the molecule is CN(Cc1nc2ccccc2[nH]1)S(=O)(=O)c1ccc(Br)s1. The molecule has 110 valence electrons.